The number of benzene rings is 1. The average Bonchev–Trinajstić information content (AvgIpc) is 3.42. The molecule has 1 aromatic carbocycles. The van der Waals surface area contributed by atoms with Crippen molar-refractivity contribution in [3.05, 3.63) is 42.2 Å². The minimum atomic E-state index is -3.71. The topological polar surface area (TPSA) is 88.8 Å². The lowest BCUT2D eigenvalue weighted by Crippen LogP contribution is -2.35. The number of ether oxygens (including phenoxy) is 1. The van der Waals surface area contributed by atoms with Crippen molar-refractivity contribution in [3.8, 4) is 5.75 Å². The largest absolute Gasteiger partial charge is 0.488 e. The summed E-state index contributed by atoms with van der Waals surface area (Å²) in [4.78, 5) is 12.7. The summed E-state index contributed by atoms with van der Waals surface area (Å²) >= 11 is 0. The quantitative estimate of drug-likeness (QED) is 0.765. The lowest BCUT2D eigenvalue weighted by Gasteiger charge is -2.24. The van der Waals surface area contributed by atoms with E-state index in [2.05, 4.69) is 5.32 Å². The van der Waals surface area contributed by atoms with E-state index in [-0.39, 0.29) is 17.0 Å². The molecule has 29 heavy (non-hydrogen) atoms. The maximum Gasteiger partial charge on any atom is 0.291 e. The maximum absolute atomic E-state index is 12.7. The van der Waals surface area contributed by atoms with E-state index in [9.17, 15) is 13.2 Å². The first-order valence-electron chi connectivity index (χ1n) is 10.2. The number of carbonyl (C=O) groups is 1. The lowest BCUT2D eigenvalue weighted by molar-refractivity contribution is 0.0990. The van der Waals surface area contributed by atoms with E-state index in [0.717, 1.165) is 44.9 Å². The second kappa shape index (κ2) is 8.59. The van der Waals surface area contributed by atoms with E-state index in [0.29, 0.717) is 24.5 Å². The van der Waals surface area contributed by atoms with Gasteiger partial charge >= 0.3 is 0 Å². The first-order chi connectivity index (χ1) is 14.0. The van der Waals surface area contributed by atoms with Gasteiger partial charge in [-0.15, -0.1) is 0 Å². The number of sulfonamides is 1. The molecule has 1 aliphatic heterocycles. The molecule has 2 aromatic rings. The standard InChI is InChI=1S/C21H26N2O5S/c24-21(22-17-10-4-5-11-18(17)27-16-8-2-3-9-16)19-12-13-20(28-19)29(25,26)23-14-6-1-7-15-23/h4-5,10-13,16H,1-3,6-9,14-15H2,(H,22,24). The Kier molecular flexibility index (Phi) is 5.91. The number of nitrogens with one attached hydrogen (secondary N) is 1. The van der Waals surface area contributed by atoms with Crippen LogP contribution in [-0.2, 0) is 10.0 Å². The summed E-state index contributed by atoms with van der Waals surface area (Å²) in [6, 6.07) is 9.99. The van der Waals surface area contributed by atoms with Crippen LogP contribution in [0, 0.1) is 0 Å². The zero-order valence-electron chi connectivity index (χ0n) is 16.3. The van der Waals surface area contributed by atoms with E-state index in [4.69, 9.17) is 9.15 Å². The van der Waals surface area contributed by atoms with E-state index in [1.165, 1.54) is 16.4 Å². The molecule has 0 bridgehead atoms. The van der Waals surface area contributed by atoms with Crippen molar-refractivity contribution in [1.29, 1.82) is 0 Å². The van der Waals surface area contributed by atoms with Gasteiger partial charge in [0.25, 0.3) is 15.9 Å². The van der Waals surface area contributed by atoms with E-state index < -0.39 is 15.9 Å². The molecule has 8 heteroatoms. The van der Waals surface area contributed by atoms with Crippen LogP contribution < -0.4 is 10.1 Å². The second-order valence-electron chi connectivity index (χ2n) is 7.56. The number of anilines is 1. The zero-order chi connectivity index (χ0) is 20.3. The van der Waals surface area contributed by atoms with Crippen LogP contribution in [0.1, 0.15) is 55.5 Å². The number of nitrogens with zero attached hydrogens (tertiary/aromatic N) is 1. The van der Waals surface area contributed by atoms with E-state index in [1.54, 1.807) is 6.07 Å². The zero-order valence-corrected chi connectivity index (χ0v) is 17.1. The number of rotatable bonds is 6. The lowest BCUT2D eigenvalue weighted by atomic mass is 10.2. The van der Waals surface area contributed by atoms with Gasteiger partial charge in [0.2, 0.25) is 5.09 Å². The Hall–Kier alpha value is -2.32. The first kappa shape index (κ1) is 20.0. The maximum atomic E-state index is 12.7. The third kappa shape index (κ3) is 4.48. The molecule has 1 saturated carbocycles. The fourth-order valence-electron chi connectivity index (χ4n) is 3.86. The molecule has 0 radical (unpaired) electrons. The van der Waals surface area contributed by atoms with Gasteiger partial charge in [-0.1, -0.05) is 18.6 Å². The number of hydrogen-bond acceptors (Lipinski definition) is 5. The van der Waals surface area contributed by atoms with E-state index >= 15 is 0 Å². The molecule has 4 rings (SSSR count). The van der Waals surface area contributed by atoms with Gasteiger partial charge in [-0.05, 0) is 62.8 Å². The summed E-state index contributed by atoms with van der Waals surface area (Å²) in [6.45, 7) is 0.965. The molecule has 7 nitrogen and oxygen atoms in total. The molecule has 2 fully saturated rings. The number of piperidine rings is 1. The van der Waals surface area contributed by atoms with Crippen molar-refractivity contribution in [1.82, 2.24) is 4.31 Å². The molecule has 1 saturated heterocycles. The van der Waals surface area contributed by atoms with E-state index in [1.807, 2.05) is 18.2 Å². The van der Waals surface area contributed by atoms with Gasteiger partial charge in [0.1, 0.15) is 5.75 Å². The van der Waals surface area contributed by atoms with Crippen molar-refractivity contribution in [2.75, 3.05) is 18.4 Å². The summed E-state index contributed by atoms with van der Waals surface area (Å²) < 4.78 is 38.3. The summed E-state index contributed by atoms with van der Waals surface area (Å²) in [6.07, 6.45) is 7.20. The molecule has 156 valence electrons. The Labute approximate surface area is 171 Å². The van der Waals surface area contributed by atoms with Crippen LogP contribution in [0.4, 0.5) is 5.69 Å². The van der Waals surface area contributed by atoms with Crippen LogP contribution >= 0.6 is 0 Å². The van der Waals surface area contributed by atoms with Gasteiger partial charge in [0.15, 0.2) is 5.76 Å². The Morgan fingerprint density at radius 3 is 2.48 bits per heavy atom. The molecule has 0 unspecified atom stereocenters. The van der Waals surface area contributed by atoms with Gasteiger partial charge in [-0.2, -0.15) is 4.31 Å². The minimum Gasteiger partial charge on any atom is -0.488 e. The highest BCUT2D eigenvalue weighted by Crippen LogP contribution is 2.30. The third-order valence-corrected chi connectivity index (χ3v) is 7.22. The Morgan fingerprint density at radius 2 is 1.72 bits per heavy atom. The fraction of sp³-hybridized carbons (Fsp3) is 0.476. The van der Waals surface area contributed by atoms with Crippen LogP contribution in [0.15, 0.2) is 45.9 Å². The molecule has 2 heterocycles. The van der Waals surface area contributed by atoms with Crippen molar-refractivity contribution in [2.24, 2.45) is 0 Å². The summed E-state index contributed by atoms with van der Waals surface area (Å²) in [5.41, 5.74) is 0.543. The van der Waals surface area contributed by atoms with Crippen LogP contribution in [0.25, 0.3) is 0 Å². The highest BCUT2D eigenvalue weighted by Gasteiger charge is 2.30. The smallest absolute Gasteiger partial charge is 0.291 e. The molecule has 0 spiro atoms. The predicted octanol–water partition coefficient (Wildman–Crippen LogP) is 4.03. The normalized spacial score (nSPS) is 18.6. The van der Waals surface area contributed by atoms with Crippen molar-refractivity contribution < 1.29 is 22.4 Å². The number of hydrogen-bond donors (Lipinski definition) is 1. The van der Waals surface area contributed by atoms with Crippen LogP contribution in [0.5, 0.6) is 5.75 Å². The van der Waals surface area contributed by atoms with Crippen molar-refractivity contribution in [2.45, 2.75) is 56.1 Å². The van der Waals surface area contributed by atoms with Gasteiger partial charge in [0, 0.05) is 13.1 Å². The Morgan fingerprint density at radius 1 is 1.00 bits per heavy atom. The predicted molar refractivity (Wildman–Crippen MR) is 109 cm³/mol. The van der Waals surface area contributed by atoms with Gasteiger partial charge in [-0.25, -0.2) is 8.42 Å². The van der Waals surface area contributed by atoms with Gasteiger partial charge in [0.05, 0.1) is 11.8 Å². The summed E-state index contributed by atoms with van der Waals surface area (Å²) in [5, 5.41) is 2.58. The molecular weight excluding hydrogens is 392 g/mol. The monoisotopic (exact) mass is 418 g/mol. The molecule has 1 N–H and O–H groups in total. The SMILES string of the molecule is O=C(Nc1ccccc1OC1CCCC1)c1ccc(S(=O)(=O)N2CCCCC2)o1. The fourth-order valence-corrected chi connectivity index (χ4v) is 5.28. The minimum absolute atomic E-state index is 0.0451. The molecule has 1 aromatic heterocycles. The van der Waals surface area contributed by atoms with Crippen LogP contribution in [-0.4, -0.2) is 37.8 Å². The van der Waals surface area contributed by atoms with Crippen molar-refractivity contribution in [3.63, 3.8) is 0 Å². The number of para-hydroxylation sites is 2. The van der Waals surface area contributed by atoms with Crippen LogP contribution in [0.3, 0.4) is 0 Å². The number of amides is 1. The van der Waals surface area contributed by atoms with Gasteiger partial charge < -0.3 is 14.5 Å². The van der Waals surface area contributed by atoms with Crippen molar-refractivity contribution >= 4 is 21.6 Å². The first-order valence-corrected chi connectivity index (χ1v) is 11.6. The highest BCUT2D eigenvalue weighted by atomic mass is 32.2. The number of furan rings is 1. The molecule has 2 aliphatic rings. The van der Waals surface area contributed by atoms with Crippen LogP contribution in [0.2, 0.25) is 0 Å². The third-order valence-electron chi connectivity index (χ3n) is 5.45. The average molecular weight is 419 g/mol. The molecule has 1 aliphatic carbocycles. The highest BCUT2D eigenvalue weighted by molar-refractivity contribution is 7.89. The second-order valence-corrected chi connectivity index (χ2v) is 9.43. The number of carbonyl (C=O) groups excluding carboxylic acids is 1. The molecule has 0 atom stereocenters. The van der Waals surface area contributed by atoms with Gasteiger partial charge in [-0.3, -0.25) is 4.79 Å². The summed E-state index contributed by atoms with van der Waals surface area (Å²) in [7, 11) is -3.71. The Bertz CT molecular complexity index is 957. The Balaban J connectivity index is 1.47. The summed E-state index contributed by atoms with van der Waals surface area (Å²) in [5.74, 6) is 0.0595. The molecular formula is C21H26N2O5S. The molecule has 1 amide bonds.